The second kappa shape index (κ2) is 8.01. The number of anilines is 1. The number of rotatable bonds is 5. The zero-order valence-corrected chi connectivity index (χ0v) is 16.3. The number of aromatic amines is 1. The van der Waals surface area contributed by atoms with Crippen molar-refractivity contribution in [1.29, 1.82) is 0 Å². The number of hydrogen-bond acceptors (Lipinski definition) is 3. The first-order chi connectivity index (χ1) is 13.2. The van der Waals surface area contributed by atoms with Crippen LogP contribution in [0.2, 0.25) is 0 Å². The lowest BCUT2D eigenvalue weighted by atomic mass is 10.0. The van der Waals surface area contributed by atoms with Crippen LogP contribution in [0.25, 0.3) is 0 Å². The molecule has 5 heteroatoms. The number of aromatic nitrogens is 2. The van der Waals surface area contributed by atoms with Gasteiger partial charge in [-0.15, -0.1) is 0 Å². The molecule has 0 spiro atoms. The molecule has 4 rings (SSSR count). The highest BCUT2D eigenvalue weighted by atomic mass is 32.2. The Labute approximate surface area is 164 Å². The Morgan fingerprint density at radius 1 is 1.15 bits per heavy atom. The van der Waals surface area contributed by atoms with Crippen molar-refractivity contribution in [2.24, 2.45) is 0 Å². The highest BCUT2D eigenvalue weighted by Gasteiger charge is 2.22. The van der Waals surface area contributed by atoms with Crippen molar-refractivity contribution in [3.05, 3.63) is 77.1 Å². The summed E-state index contributed by atoms with van der Waals surface area (Å²) >= 11 is 1.48. The quantitative estimate of drug-likeness (QED) is 0.671. The van der Waals surface area contributed by atoms with Crippen LogP contribution in [0.4, 0.5) is 5.69 Å². The van der Waals surface area contributed by atoms with Gasteiger partial charge in [-0.3, -0.25) is 4.79 Å². The van der Waals surface area contributed by atoms with Crippen LogP contribution in [0.5, 0.6) is 0 Å². The fourth-order valence-electron chi connectivity index (χ4n) is 3.50. The summed E-state index contributed by atoms with van der Waals surface area (Å²) in [6.07, 6.45) is 2.87. The first-order valence-corrected chi connectivity index (χ1v) is 10.3. The second-order valence-electron chi connectivity index (χ2n) is 6.84. The molecule has 0 aliphatic carbocycles. The minimum atomic E-state index is 0.144. The molecular weight excluding hydrogens is 354 g/mol. The normalized spacial score (nSPS) is 13.4. The number of amides is 1. The molecule has 4 nitrogen and oxygen atoms in total. The molecule has 2 heterocycles. The average molecular weight is 378 g/mol. The van der Waals surface area contributed by atoms with Crippen molar-refractivity contribution < 1.29 is 4.79 Å². The van der Waals surface area contributed by atoms with E-state index >= 15 is 0 Å². The van der Waals surface area contributed by atoms with Gasteiger partial charge in [-0.25, -0.2) is 4.98 Å². The first kappa shape index (κ1) is 17.9. The van der Waals surface area contributed by atoms with Crippen molar-refractivity contribution in [2.75, 3.05) is 17.2 Å². The standard InChI is InChI=1S/C22H23N3OS/c1-16-19(14-17-8-3-2-4-9-17)24-22(23-16)27-15-21(26)25-13-7-11-18-10-5-6-12-20(18)25/h2-6,8-10,12H,7,11,13-15H2,1H3,(H,23,24). The van der Waals surface area contributed by atoms with Gasteiger partial charge in [-0.2, -0.15) is 0 Å². The third kappa shape index (κ3) is 4.08. The molecule has 0 saturated carbocycles. The number of benzene rings is 2. The van der Waals surface area contributed by atoms with Crippen LogP contribution < -0.4 is 4.90 Å². The Kier molecular flexibility index (Phi) is 5.30. The largest absolute Gasteiger partial charge is 0.337 e. The number of aryl methyl sites for hydroxylation is 2. The van der Waals surface area contributed by atoms with Crippen LogP contribution in [0.3, 0.4) is 0 Å². The van der Waals surface area contributed by atoms with E-state index in [1.54, 1.807) is 0 Å². The van der Waals surface area contributed by atoms with Crippen molar-refractivity contribution in [2.45, 2.75) is 31.3 Å². The van der Waals surface area contributed by atoms with Gasteiger partial charge < -0.3 is 9.88 Å². The summed E-state index contributed by atoms with van der Waals surface area (Å²) in [5, 5.41) is 0.817. The van der Waals surface area contributed by atoms with Crippen LogP contribution in [-0.4, -0.2) is 28.2 Å². The summed E-state index contributed by atoms with van der Waals surface area (Å²) < 4.78 is 0. The molecule has 0 atom stereocenters. The molecule has 1 aromatic heterocycles. The summed E-state index contributed by atoms with van der Waals surface area (Å²) in [6.45, 7) is 2.84. The lowest BCUT2D eigenvalue weighted by Gasteiger charge is -2.29. The van der Waals surface area contributed by atoms with E-state index in [2.05, 4.69) is 23.2 Å². The molecule has 3 aromatic rings. The molecule has 138 valence electrons. The third-order valence-corrected chi connectivity index (χ3v) is 5.78. The predicted molar refractivity (Wildman–Crippen MR) is 110 cm³/mol. The van der Waals surface area contributed by atoms with Crippen molar-refractivity contribution in [3.63, 3.8) is 0 Å². The first-order valence-electron chi connectivity index (χ1n) is 9.31. The zero-order valence-electron chi connectivity index (χ0n) is 15.4. The number of para-hydroxylation sites is 1. The molecule has 0 unspecified atom stereocenters. The Bertz CT molecular complexity index is 936. The van der Waals surface area contributed by atoms with Gasteiger partial charge in [0.1, 0.15) is 0 Å². The molecule has 0 radical (unpaired) electrons. The molecule has 0 fully saturated rings. The summed E-state index contributed by atoms with van der Waals surface area (Å²) in [6, 6.07) is 18.5. The minimum absolute atomic E-state index is 0.144. The van der Waals surface area contributed by atoms with Crippen LogP contribution in [-0.2, 0) is 17.6 Å². The molecule has 2 aromatic carbocycles. The Balaban J connectivity index is 1.41. The van der Waals surface area contributed by atoms with Gasteiger partial charge >= 0.3 is 0 Å². The number of imidazole rings is 1. The molecule has 1 amide bonds. The summed E-state index contributed by atoms with van der Waals surface area (Å²) in [5.74, 6) is 0.539. The van der Waals surface area contributed by atoms with Crippen LogP contribution >= 0.6 is 11.8 Å². The van der Waals surface area contributed by atoms with Crippen LogP contribution in [0.1, 0.15) is 28.9 Å². The van der Waals surface area contributed by atoms with Gasteiger partial charge in [-0.05, 0) is 37.0 Å². The van der Waals surface area contributed by atoms with E-state index in [1.165, 1.54) is 22.9 Å². The van der Waals surface area contributed by atoms with Crippen molar-refractivity contribution in [1.82, 2.24) is 9.97 Å². The van der Waals surface area contributed by atoms with E-state index in [0.29, 0.717) is 5.75 Å². The molecule has 0 saturated heterocycles. The Morgan fingerprint density at radius 2 is 1.93 bits per heavy atom. The molecule has 1 N–H and O–H groups in total. The highest BCUT2D eigenvalue weighted by molar-refractivity contribution is 7.99. The maximum atomic E-state index is 12.8. The summed E-state index contributed by atoms with van der Waals surface area (Å²) in [4.78, 5) is 22.7. The van der Waals surface area contributed by atoms with Crippen LogP contribution in [0.15, 0.2) is 59.8 Å². The Morgan fingerprint density at radius 3 is 2.78 bits per heavy atom. The van der Waals surface area contributed by atoms with E-state index < -0.39 is 0 Å². The van der Waals surface area contributed by atoms with E-state index in [4.69, 9.17) is 4.98 Å². The summed E-state index contributed by atoms with van der Waals surface area (Å²) in [5.41, 5.74) is 5.68. The predicted octanol–water partition coefficient (Wildman–Crippen LogP) is 4.38. The fraction of sp³-hybridized carbons (Fsp3) is 0.273. The SMILES string of the molecule is Cc1[nH]c(SCC(=O)N2CCCc3ccccc32)nc1Cc1ccccc1. The maximum Gasteiger partial charge on any atom is 0.237 e. The maximum absolute atomic E-state index is 12.8. The van der Waals surface area contributed by atoms with Crippen molar-refractivity contribution >= 4 is 23.4 Å². The topological polar surface area (TPSA) is 49.0 Å². The monoisotopic (exact) mass is 377 g/mol. The molecular formula is C22H23N3OS. The second-order valence-corrected chi connectivity index (χ2v) is 7.81. The van der Waals surface area contributed by atoms with Gasteiger partial charge in [0, 0.05) is 24.3 Å². The molecule has 1 aliphatic rings. The van der Waals surface area contributed by atoms with E-state index in [1.807, 2.05) is 48.2 Å². The number of thioether (sulfide) groups is 1. The third-order valence-electron chi connectivity index (χ3n) is 4.92. The zero-order chi connectivity index (χ0) is 18.6. The lowest BCUT2D eigenvalue weighted by molar-refractivity contribution is -0.116. The van der Waals surface area contributed by atoms with Gasteiger partial charge in [0.15, 0.2) is 5.16 Å². The number of nitrogens with zero attached hydrogens (tertiary/aromatic N) is 2. The van der Waals surface area contributed by atoms with Gasteiger partial charge in [0.25, 0.3) is 0 Å². The number of carbonyl (C=O) groups is 1. The lowest BCUT2D eigenvalue weighted by Crippen LogP contribution is -2.36. The van der Waals surface area contributed by atoms with Crippen LogP contribution in [0, 0.1) is 6.92 Å². The number of nitrogens with one attached hydrogen (secondary N) is 1. The van der Waals surface area contributed by atoms with Crippen molar-refractivity contribution in [3.8, 4) is 0 Å². The minimum Gasteiger partial charge on any atom is -0.337 e. The van der Waals surface area contributed by atoms with E-state index in [9.17, 15) is 4.79 Å². The van der Waals surface area contributed by atoms with Gasteiger partial charge in [0.05, 0.1) is 11.4 Å². The Hall–Kier alpha value is -2.53. The number of fused-ring (bicyclic) bond motifs is 1. The number of hydrogen-bond donors (Lipinski definition) is 1. The number of carbonyl (C=O) groups excluding carboxylic acids is 1. The number of H-pyrrole nitrogens is 1. The molecule has 27 heavy (non-hydrogen) atoms. The van der Waals surface area contributed by atoms with E-state index in [0.717, 1.165) is 48.0 Å². The summed E-state index contributed by atoms with van der Waals surface area (Å²) in [7, 11) is 0. The highest BCUT2D eigenvalue weighted by Crippen LogP contribution is 2.28. The van der Waals surface area contributed by atoms with E-state index in [-0.39, 0.29) is 5.91 Å². The van der Waals surface area contributed by atoms with Gasteiger partial charge in [-0.1, -0.05) is 60.3 Å². The molecule has 1 aliphatic heterocycles. The fourth-order valence-corrected chi connectivity index (χ4v) is 4.31. The van der Waals surface area contributed by atoms with Gasteiger partial charge in [0.2, 0.25) is 5.91 Å². The molecule has 0 bridgehead atoms. The smallest absolute Gasteiger partial charge is 0.237 e. The average Bonchev–Trinajstić information content (AvgIpc) is 3.06.